The number of hydrazone groups is 1. The van der Waals surface area contributed by atoms with Crippen LogP contribution in [0.3, 0.4) is 0 Å². The number of methoxy groups -OCH3 is 1. The molecule has 0 aliphatic rings. The van der Waals surface area contributed by atoms with Crippen LogP contribution in [0.25, 0.3) is 21.7 Å². The third kappa shape index (κ3) is 3.42. The highest BCUT2D eigenvalue weighted by molar-refractivity contribution is 6.37. The van der Waals surface area contributed by atoms with Crippen molar-refractivity contribution >= 4 is 57.1 Å². The minimum atomic E-state index is -0.456. The number of fused-ring (bicyclic) bond motifs is 3. The monoisotopic (exact) mass is 412 g/mol. The van der Waals surface area contributed by atoms with Crippen LogP contribution in [-0.4, -0.2) is 19.2 Å². The molecule has 4 aromatic rings. The first-order valence-electron chi connectivity index (χ1n) is 8.34. The Morgan fingerprint density at radius 3 is 2.57 bits per heavy atom. The summed E-state index contributed by atoms with van der Waals surface area (Å²) in [5.74, 6) is 0.107. The molecule has 0 saturated heterocycles. The summed E-state index contributed by atoms with van der Waals surface area (Å²) in [6, 6.07) is 16.7. The third-order valence-electron chi connectivity index (χ3n) is 4.25. The van der Waals surface area contributed by atoms with Gasteiger partial charge in [0.2, 0.25) is 0 Å². The van der Waals surface area contributed by atoms with Crippen molar-refractivity contribution in [2.45, 2.75) is 0 Å². The molecule has 4 rings (SSSR count). The number of furan rings is 1. The second-order valence-electron chi connectivity index (χ2n) is 6.03. The molecule has 0 unspecified atom stereocenters. The van der Waals surface area contributed by atoms with E-state index in [4.69, 9.17) is 32.4 Å². The van der Waals surface area contributed by atoms with Crippen molar-refractivity contribution in [1.29, 1.82) is 0 Å². The van der Waals surface area contributed by atoms with Gasteiger partial charge in [-0.3, -0.25) is 4.79 Å². The normalized spacial score (nSPS) is 11.4. The fourth-order valence-electron chi connectivity index (χ4n) is 2.97. The Hall–Kier alpha value is -3.02. The maximum Gasteiger partial charge on any atom is 0.307 e. The average Bonchev–Trinajstić information content (AvgIpc) is 3.13. The molecule has 0 fully saturated rings. The van der Waals surface area contributed by atoms with Crippen molar-refractivity contribution in [3.05, 3.63) is 76.0 Å². The van der Waals surface area contributed by atoms with Crippen molar-refractivity contribution in [3.63, 3.8) is 0 Å². The first-order chi connectivity index (χ1) is 13.6. The number of benzene rings is 3. The zero-order chi connectivity index (χ0) is 19.7. The zero-order valence-electron chi connectivity index (χ0n) is 14.7. The maximum atomic E-state index is 12.4. The van der Waals surface area contributed by atoms with Gasteiger partial charge in [-0.25, -0.2) is 5.43 Å². The lowest BCUT2D eigenvalue weighted by Crippen LogP contribution is -2.16. The van der Waals surface area contributed by atoms with Gasteiger partial charge in [0.05, 0.1) is 23.4 Å². The summed E-state index contributed by atoms with van der Waals surface area (Å²) in [5.41, 5.74) is 3.70. The van der Waals surface area contributed by atoms with Gasteiger partial charge in [0, 0.05) is 5.39 Å². The molecule has 0 aliphatic carbocycles. The molecule has 140 valence electrons. The summed E-state index contributed by atoms with van der Waals surface area (Å²) >= 11 is 12.2. The molecule has 0 atom stereocenters. The quantitative estimate of drug-likeness (QED) is 0.347. The second kappa shape index (κ2) is 7.54. The lowest BCUT2D eigenvalue weighted by Gasteiger charge is -2.06. The zero-order valence-corrected chi connectivity index (χ0v) is 16.2. The molecule has 3 aromatic carbocycles. The molecule has 0 saturated carbocycles. The molecule has 0 radical (unpaired) electrons. The molecular formula is C21H14Cl2N2O3. The highest BCUT2D eigenvalue weighted by Gasteiger charge is 2.13. The summed E-state index contributed by atoms with van der Waals surface area (Å²) in [6.07, 6.45) is 1.44. The number of amides is 1. The fourth-order valence-corrected chi connectivity index (χ4v) is 3.63. The average molecular weight is 413 g/mol. The van der Waals surface area contributed by atoms with E-state index < -0.39 is 5.91 Å². The molecule has 7 heteroatoms. The predicted molar refractivity (Wildman–Crippen MR) is 112 cm³/mol. The second-order valence-corrected chi connectivity index (χ2v) is 6.84. The van der Waals surface area contributed by atoms with Crippen LogP contribution in [0.5, 0.6) is 5.75 Å². The van der Waals surface area contributed by atoms with Crippen molar-refractivity contribution < 1.29 is 13.9 Å². The highest BCUT2D eigenvalue weighted by atomic mass is 35.5. The Labute approximate surface area is 170 Å². The van der Waals surface area contributed by atoms with E-state index in [0.717, 1.165) is 16.2 Å². The van der Waals surface area contributed by atoms with Gasteiger partial charge in [-0.15, -0.1) is 0 Å². The van der Waals surface area contributed by atoms with Gasteiger partial charge in [-0.05, 0) is 40.6 Å². The summed E-state index contributed by atoms with van der Waals surface area (Å²) in [7, 11) is 1.48. The van der Waals surface area contributed by atoms with Gasteiger partial charge >= 0.3 is 5.91 Å². The van der Waals surface area contributed by atoms with Crippen molar-refractivity contribution in [2.75, 3.05) is 7.11 Å². The topological polar surface area (TPSA) is 63.8 Å². The summed E-state index contributed by atoms with van der Waals surface area (Å²) in [6.45, 7) is 0. The van der Waals surface area contributed by atoms with Gasteiger partial charge < -0.3 is 9.15 Å². The van der Waals surface area contributed by atoms with E-state index >= 15 is 0 Å². The number of rotatable bonds is 4. The number of hydrogen-bond donors (Lipinski definition) is 1. The molecule has 1 amide bonds. The number of nitrogens with one attached hydrogen (secondary N) is 1. The van der Waals surface area contributed by atoms with Crippen LogP contribution in [0.1, 0.15) is 16.1 Å². The van der Waals surface area contributed by atoms with E-state index in [-0.39, 0.29) is 5.76 Å². The Balaban J connectivity index is 1.55. The van der Waals surface area contributed by atoms with E-state index in [1.807, 2.05) is 36.4 Å². The van der Waals surface area contributed by atoms with Crippen molar-refractivity contribution in [1.82, 2.24) is 5.43 Å². The number of halogens is 2. The largest absolute Gasteiger partial charge is 0.494 e. The molecule has 0 spiro atoms. The minimum absolute atomic E-state index is 0.175. The first kappa shape index (κ1) is 18.3. The van der Waals surface area contributed by atoms with Crippen LogP contribution in [0.15, 0.2) is 64.1 Å². The highest BCUT2D eigenvalue weighted by Crippen LogP contribution is 2.33. The SMILES string of the molecule is COc1c(Cl)cc(/C=N/NC(=O)c2cc3c(ccc4ccccc43)o2)cc1Cl. The van der Waals surface area contributed by atoms with Crippen LogP contribution in [0.2, 0.25) is 10.0 Å². The minimum Gasteiger partial charge on any atom is -0.494 e. The summed E-state index contributed by atoms with van der Waals surface area (Å²) < 4.78 is 10.8. The van der Waals surface area contributed by atoms with Crippen LogP contribution in [0.4, 0.5) is 0 Å². The van der Waals surface area contributed by atoms with Gasteiger partial charge in [-0.1, -0.05) is 53.5 Å². The Kier molecular flexibility index (Phi) is 4.94. The standard InChI is InChI=1S/C21H14Cl2N2O3/c1-27-20-16(22)8-12(9-17(20)23)11-24-25-21(26)19-10-15-14-5-3-2-4-13(14)6-7-18(15)28-19/h2-11H,1H3,(H,25,26)/b24-11+. The van der Waals surface area contributed by atoms with Gasteiger partial charge in [0.25, 0.3) is 0 Å². The van der Waals surface area contributed by atoms with Crippen molar-refractivity contribution in [2.24, 2.45) is 5.10 Å². The molecule has 1 heterocycles. The number of carbonyl (C=O) groups is 1. The predicted octanol–water partition coefficient (Wildman–Crippen LogP) is 5.67. The Bertz CT molecular complexity index is 1210. The Morgan fingerprint density at radius 1 is 1.07 bits per heavy atom. The molecule has 5 nitrogen and oxygen atoms in total. The van der Waals surface area contributed by atoms with E-state index in [9.17, 15) is 4.79 Å². The molecular weight excluding hydrogens is 399 g/mol. The van der Waals surface area contributed by atoms with Crippen LogP contribution >= 0.6 is 23.2 Å². The van der Waals surface area contributed by atoms with Crippen LogP contribution in [0, 0.1) is 0 Å². The summed E-state index contributed by atoms with van der Waals surface area (Å²) in [5, 5.41) is 7.63. The smallest absolute Gasteiger partial charge is 0.307 e. The lowest BCUT2D eigenvalue weighted by atomic mass is 10.1. The molecule has 0 aliphatic heterocycles. The summed E-state index contributed by atoms with van der Waals surface area (Å²) in [4.78, 5) is 12.4. The first-order valence-corrected chi connectivity index (χ1v) is 9.10. The van der Waals surface area contributed by atoms with E-state index in [2.05, 4.69) is 10.5 Å². The van der Waals surface area contributed by atoms with Gasteiger partial charge in [-0.2, -0.15) is 5.10 Å². The molecule has 1 aromatic heterocycles. The Morgan fingerprint density at radius 2 is 1.82 bits per heavy atom. The van der Waals surface area contributed by atoms with E-state index in [1.165, 1.54) is 13.3 Å². The third-order valence-corrected chi connectivity index (χ3v) is 4.82. The number of carbonyl (C=O) groups excluding carboxylic acids is 1. The van der Waals surface area contributed by atoms with Gasteiger partial charge in [0.1, 0.15) is 5.58 Å². The fraction of sp³-hybridized carbons (Fsp3) is 0.0476. The van der Waals surface area contributed by atoms with E-state index in [1.54, 1.807) is 18.2 Å². The number of hydrogen-bond acceptors (Lipinski definition) is 4. The molecule has 28 heavy (non-hydrogen) atoms. The lowest BCUT2D eigenvalue weighted by molar-refractivity contribution is 0.0929. The van der Waals surface area contributed by atoms with Crippen LogP contribution in [-0.2, 0) is 0 Å². The van der Waals surface area contributed by atoms with Gasteiger partial charge in [0.15, 0.2) is 11.5 Å². The number of nitrogens with zero attached hydrogens (tertiary/aromatic N) is 1. The molecule has 1 N–H and O–H groups in total. The van der Waals surface area contributed by atoms with Crippen LogP contribution < -0.4 is 10.2 Å². The number of ether oxygens (including phenoxy) is 1. The van der Waals surface area contributed by atoms with Crippen molar-refractivity contribution in [3.8, 4) is 5.75 Å². The maximum absolute atomic E-state index is 12.4. The molecule has 0 bridgehead atoms. The van der Waals surface area contributed by atoms with E-state index in [0.29, 0.717) is 26.9 Å².